The maximum atomic E-state index is 9.26. The Morgan fingerprint density at radius 2 is 1.67 bits per heavy atom. The third-order valence-corrected chi connectivity index (χ3v) is 1.68. The molecule has 0 rings (SSSR count). The van der Waals surface area contributed by atoms with Gasteiger partial charge in [-0.15, -0.1) is 0 Å². The van der Waals surface area contributed by atoms with E-state index >= 15 is 0 Å². The van der Waals surface area contributed by atoms with Crippen molar-refractivity contribution in [3.63, 3.8) is 0 Å². The first-order valence-corrected chi connectivity index (χ1v) is 3.37. The molecule has 0 unspecified atom stereocenters. The molecule has 0 aliphatic heterocycles. The summed E-state index contributed by atoms with van der Waals surface area (Å²) in [7, 11) is 0. The van der Waals surface area contributed by atoms with Crippen LogP contribution in [0.25, 0.3) is 0 Å². The summed E-state index contributed by atoms with van der Waals surface area (Å²) in [5.74, 6) is 0. The molecule has 0 heterocycles. The summed E-state index contributed by atoms with van der Waals surface area (Å²) in [6.45, 7) is 0. The van der Waals surface area contributed by atoms with Gasteiger partial charge in [0.1, 0.15) is 0 Å². The molecule has 6 heavy (non-hydrogen) atoms. The van der Waals surface area contributed by atoms with Gasteiger partial charge in [0.15, 0.2) is 0 Å². The Bertz CT molecular complexity index is 68.9. The normalized spacial score (nSPS) is 6.33. The van der Waals surface area contributed by atoms with Crippen molar-refractivity contribution in [3.8, 4) is 0 Å². The van der Waals surface area contributed by atoms with Gasteiger partial charge in [0.2, 0.25) is 0 Å². The van der Waals surface area contributed by atoms with Gasteiger partial charge in [0.25, 0.3) is 0 Å². The Kier molecular flexibility index (Phi) is 11.3. The summed E-state index contributed by atoms with van der Waals surface area (Å²) in [5, 5.41) is 0. The van der Waals surface area contributed by atoms with E-state index in [4.69, 9.17) is 0 Å². The monoisotopic (exact) mass is 487 g/mol. The van der Waals surface area contributed by atoms with E-state index in [0.29, 0.717) is 0 Å². The molecule has 6 heteroatoms. The summed E-state index contributed by atoms with van der Waals surface area (Å²) in [5.41, 5.74) is 0. The smallest absolute Gasteiger partial charge is 0 e. The van der Waals surface area contributed by atoms with Crippen molar-refractivity contribution in [1.82, 2.24) is 0 Å². The first-order valence-electron chi connectivity index (χ1n) is 0.684. The summed E-state index contributed by atoms with van der Waals surface area (Å²) < 4.78 is 22.3. The predicted molar refractivity (Wildman–Crippen MR) is 2.46 cm³/mol. The zero-order valence-electron chi connectivity index (χ0n) is 2.32. The fourth-order valence-electron chi connectivity index (χ4n) is 0. The van der Waals surface area contributed by atoms with Crippen LogP contribution in [-0.4, -0.2) is 0 Å². The Morgan fingerprint density at radius 3 is 1.67 bits per heavy atom. The largest absolute Gasteiger partial charge is 0 e. The second-order valence-corrected chi connectivity index (χ2v) is 2.98. The Hall–Kier alpha value is 1.48. The molecule has 0 amide bonds. The van der Waals surface area contributed by atoms with Gasteiger partial charge in [-0.3, -0.25) is 0 Å². The van der Waals surface area contributed by atoms with E-state index in [9.17, 15) is 7.35 Å². The van der Waals surface area contributed by atoms with Crippen LogP contribution >= 0.6 is 0 Å². The van der Waals surface area contributed by atoms with Crippen LogP contribution in [0.4, 0.5) is 0 Å². The fraction of sp³-hybridized carbons (Fsp3) is 0. The summed E-state index contributed by atoms with van der Waals surface area (Å²) in [6, 6.07) is 0. The Morgan fingerprint density at radius 1 is 1.50 bits per heavy atom. The second kappa shape index (κ2) is 6.48. The third kappa shape index (κ3) is 9.08. The van der Waals surface area contributed by atoms with Gasteiger partial charge in [-0.1, -0.05) is 0 Å². The molecule has 0 aromatic heterocycles. The van der Waals surface area contributed by atoms with E-state index in [-0.39, 0.29) is 21.1 Å². The van der Waals surface area contributed by atoms with Gasteiger partial charge in [-0.05, 0) is 0 Å². The van der Waals surface area contributed by atoms with Crippen LogP contribution in [0.1, 0.15) is 0 Å². The first kappa shape index (κ1) is 10.5. The molecule has 0 saturated heterocycles. The molecule has 0 atom stereocenters. The third-order valence-electron chi connectivity index (χ3n) is 0.0497. The van der Waals surface area contributed by atoms with Gasteiger partial charge < -0.3 is 0 Å². The molecule has 0 N–H and O–H groups in total. The summed E-state index contributed by atoms with van der Waals surface area (Å²) >= 11 is -2.06. The first-order chi connectivity index (χ1) is 2.27. The average Bonchev–Trinajstić information content (AvgIpc) is 1.38. The quantitative estimate of drug-likeness (QED) is 0.511. The molecular weight excluding hydrogens is 486 g/mol. The minimum atomic E-state index is -3.20. The molecule has 0 spiro atoms. The van der Waals surface area contributed by atoms with Gasteiger partial charge in [0, 0.05) is 21.1 Å². The molecule has 0 fully saturated rings. The second-order valence-electron chi connectivity index (χ2n) is 0.284. The Labute approximate surface area is 65.0 Å². The van der Waals surface area contributed by atoms with Crippen molar-refractivity contribution in [1.29, 1.82) is 0 Å². The van der Waals surface area contributed by atoms with Crippen molar-refractivity contribution < 1.29 is 65.5 Å². The number of rotatable bonds is 1. The molecule has 3 nitrogen and oxygen atoms in total. The van der Waals surface area contributed by atoms with Crippen molar-refractivity contribution in [2.24, 2.45) is 0 Å². The topological polar surface area (TPSA) is 43.4 Å². The molecule has 0 aliphatic rings. The van der Waals surface area contributed by atoms with Crippen molar-refractivity contribution in [2.75, 3.05) is 0 Å². The van der Waals surface area contributed by atoms with Crippen LogP contribution in [0, 0.1) is 0 Å². The Balaban J connectivity index is 0. The van der Waals surface area contributed by atoms with Crippen LogP contribution in [0.2, 0.25) is 0 Å². The zero-order valence-corrected chi connectivity index (χ0v) is 8.39. The van der Waals surface area contributed by atoms with E-state index in [1.807, 2.05) is 0 Å². The van der Waals surface area contributed by atoms with Crippen molar-refractivity contribution in [2.45, 2.75) is 0 Å². The standard InChI is InChI=1S/Ir.3O.Pt.V. The SMILES string of the molecule is [O]=[V](=[O])[O][Ir].[Pt]. The van der Waals surface area contributed by atoms with Crippen molar-refractivity contribution >= 4 is 0 Å². The zero-order chi connectivity index (χ0) is 4.28. The van der Waals surface area contributed by atoms with Crippen LogP contribution in [0.15, 0.2) is 0 Å². The fourth-order valence-corrected chi connectivity index (χ4v) is 0. The predicted octanol–water partition coefficient (Wildman–Crippen LogP) is -0.314. The molecular formula is IrO3PtV. The van der Waals surface area contributed by atoms with Crippen LogP contribution in [-0.2, 0) is 65.5 Å². The summed E-state index contributed by atoms with van der Waals surface area (Å²) in [6.07, 6.45) is 0. The van der Waals surface area contributed by atoms with Gasteiger partial charge in [-0.2, -0.15) is 0 Å². The van der Waals surface area contributed by atoms with E-state index in [1.165, 1.54) is 0 Å². The van der Waals surface area contributed by atoms with Gasteiger partial charge in [-0.25, -0.2) is 0 Å². The number of hydrogen-bond acceptors (Lipinski definition) is 3. The average molecular weight is 486 g/mol. The molecule has 0 aromatic rings. The maximum absolute atomic E-state index is 9.26. The van der Waals surface area contributed by atoms with Crippen LogP contribution < -0.4 is 0 Å². The minimum Gasteiger partial charge on any atom is 0 e. The minimum absolute atomic E-state index is 0. The number of hydrogen-bond donors (Lipinski definition) is 0. The molecule has 42 valence electrons. The molecule has 0 radical (unpaired) electrons. The molecule has 0 aromatic carbocycles. The van der Waals surface area contributed by atoms with Crippen LogP contribution in [0.3, 0.4) is 0 Å². The van der Waals surface area contributed by atoms with E-state index in [0.717, 1.165) is 19.3 Å². The van der Waals surface area contributed by atoms with E-state index < -0.39 is 15.4 Å². The van der Waals surface area contributed by atoms with Crippen molar-refractivity contribution in [3.05, 3.63) is 0 Å². The molecule has 0 aliphatic carbocycles. The van der Waals surface area contributed by atoms with Crippen LogP contribution in [0.5, 0.6) is 0 Å². The van der Waals surface area contributed by atoms with Gasteiger partial charge in [0.05, 0.1) is 0 Å². The van der Waals surface area contributed by atoms with Gasteiger partial charge >= 0.3 is 44.4 Å². The summed E-state index contributed by atoms with van der Waals surface area (Å²) in [4.78, 5) is 0. The maximum Gasteiger partial charge on any atom is 0 e. The molecule has 0 bridgehead atoms. The van der Waals surface area contributed by atoms with E-state index in [1.54, 1.807) is 0 Å². The molecule has 0 saturated carbocycles. The van der Waals surface area contributed by atoms with E-state index in [2.05, 4.69) is 2.42 Å².